The highest BCUT2D eigenvalue weighted by molar-refractivity contribution is 6.08. The maximum absolute atomic E-state index is 8.78. The average molecular weight is 252 g/mol. The van der Waals surface area contributed by atoms with Gasteiger partial charge in [-0.05, 0) is 34.0 Å². The van der Waals surface area contributed by atoms with Crippen LogP contribution in [0.5, 0.6) is 0 Å². The maximum Gasteiger partial charge on any atom is 0.0939 e. The van der Waals surface area contributed by atoms with E-state index in [0.29, 0.717) is 6.42 Å². The second kappa shape index (κ2) is 5.00. The zero-order valence-corrected chi connectivity index (χ0v) is 10.8. The van der Waals surface area contributed by atoms with Gasteiger partial charge in [0.05, 0.1) is 6.10 Å². The van der Waals surface area contributed by atoms with Gasteiger partial charge in [0.25, 0.3) is 0 Å². The van der Waals surface area contributed by atoms with Gasteiger partial charge in [-0.2, -0.15) is 0 Å². The molecule has 0 saturated heterocycles. The highest BCUT2D eigenvalue weighted by atomic mass is 17.1. The SMILES string of the molecule is CC(Cc1cc2ccccc2c2ccccc12)OO. The summed E-state index contributed by atoms with van der Waals surface area (Å²) >= 11 is 0. The second-order valence-electron chi connectivity index (χ2n) is 4.92. The third kappa shape index (κ3) is 2.21. The van der Waals surface area contributed by atoms with E-state index in [1.165, 1.54) is 27.1 Å². The number of benzene rings is 3. The van der Waals surface area contributed by atoms with Crippen LogP contribution in [0.4, 0.5) is 0 Å². The third-order valence-corrected chi connectivity index (χ3v) is 3.54. The first kappa shape index (κ1) is 12.2. The smallest absolute Gasteiger partial charge is 0.0939 e. The molecule has 0 heterocycles. The van der Waals surface area contributed by atoms with Crippen LogP contribution in [0.2, 0.25) is 0 Å². The fourth-order valence-electron chi connectivity index (χ4n) is 2.65. The summed E-state index contributed by atoms with van der Waals surface area (Å²) in [5.74, 6) is 0. The van der Waals surface area contributed by atoms with Crippen LogP contribution < -0.4 is 0 Å². The first-order chi connectivity index (χ1) is 9.29. The largest absolute Gasteiger partial charge is 0.252 e. The Bertz CT molecular complexity index is 719. The quantitative estimate of drug-likeness (QED) is 0.425. The number of hydrogen-bond donors (Lipinski definition) is 1. The molecule has 19 heavy (non-hydrogen) atoms. The molecule has 96 valence electrons. The monoisotopic (exact) mass is 252 g/mol. The van der Waals surface area contributed by atoms with Crippen LogP contribution >= 0.6 is 0 Å². The van der Waals surface area contributed by atoms with Crippen molar-refractivity contribution in [3.8, 4) is 0 Å². The van der Waals surface area contributed by atoms with Gasteiger partial charge >= 0.3 is 0 Å². The van der Waals surface area contributed by atoms with Crippen LogP contribution in [-0.4, -0.2) is 11.4 Å². The van der Waals surface area contributed by atoms with Crippen molar-refractivity contribution < 1.29 is 10.1 Å². The molecular formula is C17H16O2. The molecule has 0 aliphatic carbocycles. The fraction of sp³-hybridized carbons (Fsp3) is 0.176. The van der Waals surface area contributed by atoms with Crippen LogP contribution in [0.3, 0.4) is 0 Å². The lowest BCUT2D eigenvalue weighted by Gasteiger charge is -2.13. The highest BCUT2D eigenvalue weighted by Crippen LogP contribution is 2.29. The number of hydrogen-bond acceptors (Lipinski definition) is 2. The number of rotatable bonds is 3. The summed E-state index contributed by atoms with van der Waals surface area (Å²) < 4.78 is 0. The molecule has 1 unspecified atom stereocenters. The summed E-state index contributed by atoms with van der Waals surface area (Å²) in [6.07, 6.45) is 0.492. The van der Waals surface area contributed by atoms with Gasteiger partial charge in [-0.15, -0.1) is 0 Å². The Labute approximate surface area is 112 Å². The van der Waals surface area contributed by atoms with Gasteiger partial charge in [-0.25, -0.2) is 4.89 Å². The van der Waals surface area contributed by atoms with E-state index in [1.807, 2.05) is 19.1 Å². The van der Waals surface area contributed by atoms with Crippen molar-refractivity contribution in [3.63, 3.8) is 0 Å². The summed E-state index contributed by atoms with van der Waals surface area (Å²) in [7, 11) is 0. The number of fused-ring (bicyclic) bond motifs is 3. The Morgan fingerprint density at radius 2 is 1.58 bits per heavy atom. The zero-order valence-electron chi connectivity index (χ0n) is 10.8. The normalized spacial score (nSPS) is 12.9. The Balaban J connectivity index is 2.29. The van der Waals surface area contributed by atoms with E-state index in [0.717, 1.165) is 0 Å². The third-order valence-electron chi connectivity index (χ3n) is 3.54. The Hall–Kier alpha value is -1.90. The van der Waals surface area contributed by atoms with Crippen LogP contribution in [0.25, 0.3) is 21.5 Å². The van der Waals surface area contributed by atoms with E-state index in [4.69, 9.17) is 5.26 Å². The molecule has 2 nitrogen and oxygen atoms in total. The van der Waals surface area contributed by atoms with Gasteiger partial charge < -0.3 is 0 Å². The van der Waals surface area contributed by atoms with Gasteiger partial charge in [0.2, 0.25) is 0 Å². The van der Waals surface area contributed by atoms with E-state index in [9.17, 15) is 0 Å². The Morgan fingerprint density at radius 1 is 0.947 bits per heavy atom. The molecule has 3 aromatic carbocycles. The molecule has 0 aromatic heterocycles. The van der Waals surface area contributed by atoms with Gasteiger partial charge in [0.1, 0.15) is 0 Å². The summed E-state index contributed by atoms with van der Waals surface area (Å²) in [6, 6.07) is 18.9. The van der Waals surface area contributed by atoms with Crippen LogP contribution in [0, 0.1) is 0 Å². The summed E-state index contributed by atoms with van der Waals surface area (Å²) in [6.45, 7) is 1.87. The predicted octanol–water partition coefficient (Wildman–Crippen LogP) is 4.41. The Morgan fingerprint density at radius 3 is 2.32 bits per heavy atom. The van der Waals surface area contributed by atoms with Crippen molar-refractivity contribution in [2.45, 2.75) is 19.4 Å². The molecule has 0 aliphatic heterocycles. The minimum Gasteiger partial charge on any atom is -0.252 e. The minimum absolute atomic E-state index is 0.204. The molecule has 0 fully saturated rings. The van der Waals surface area contributed by atoms with Crippen molar-refractivity contribution in [3.05, 3.63) is 60.2 Å². The molecule has 0 spiro atoms. The summed E-state index contributed by atoms with van der Waals surface area (Å²) in [5.41, 5.74) is 1.20. The topological polar surface area (TPSA) is 29.5 Å². The predicted molar refractivity (Wildman–Crippen MR) is 78.3 cm³/mol. The van der Waals surface area contributed by atoms with E-state index in [1.54, 1.807) is 0 Å². The van der Waals surface area contributed by atoms with Crippen LogP contribution in [0.15, 0.2) is 54.6 Å². The van der Waals surface area contributed by atoms with Crippen molar-refractivity contribution in [1.82, 2.24) is 0 Å². The molecular weight excluding hydrogens is 236 g/mol. The first-order valence-corrected chi connectivity index (χ1v) is 6.49. The van der Waals surface area contributed by atoms with E-state index in [2.05, 4.69) is 47.4 Å². The van der Waals surface area contributed by atoms with E-state index in [-0.39, 0.29) is 6.10 Å². The fourth-order valence-corrected chi connectivity index (χ4v) is 2.65. The van der Waals surface area contributed by atoms with Gasteiger partial charge in [-0.1, -0.05) is 54.6 Å². The van der Waals surface area contributed by atoms with Crippen molar-refractivity contribution in [2.75, 3.05) is 0 Å². The molecule has 2 heteroatoms. The van der Waals surface area contributed by atoms with Gasteiger partial charge in [-0.3, -0.25) is 5.26 Å². The van der Waals surface area contributed by atoms with Crippen LogP contribution in [0.1, 0.15) is 12.5 Å². The molecule has 3 aromatic rings. The molecule has 0 saturated carbocycles. The van der Waals surface area contributed by atoms with Gasteiger partial charge in [0.15, 0.2) is 0 Å². The molecule has 3 rings (SSSR count). The first-order valence-electron chi connectivity index (χ1n) is 6.49. The summed E-state index contributed by atoms with van der Waals surface area (Å²) in [5, 5.41) is 13.7. The second-order valence-corrected chi connectivity index (χ2v) is 4.92. The molecule has 0 aliphatic rings. The van der Waals surface area contributed by atoms with Crippen molar-refractivity contribution in [1.29, 1.82) is 0 Å². The van der Waals surface area contributed by atoms with Crippen LogP contribution in [-0.2, 0) is 11.3 Å². The molecule has 1 atom stereocenters. The maximum atomic E-state index is 8.78. The lowest BCUT2D eigenvalue weighted by Crippen LogP contribution is -2.09. The summed E-state index contributed by atoms with van der Waals surface area (Å²) in [4.78, 5) is 4.42. The van der Waals surface area contributed by atoms with E-state index < -0.39 is 0 Å². The molecule has 0 radical (unpaired) electrons. The van der Waals surface area contributed by atoms with E-state index >= 15 is 0 Å². The highest BCUT2D eigenvalue weighted by Gasteiger charge is 2.09. The molecule has 0 amide bonds. The lowest BCUT2D eigenvalue weighted by molar-refractivity contribution is -0.273. The average Bonchev–Trinajstić information content (AvgIpc) is 2.47. The zero-order chi connectivity index (χ0) is 13.2. The standard InChI is InChI=1S/C17H16O2/c1-12(19-18)10-14-11-13-6-2-3-7-15(13)17-9-5-4-8-16(14)17/h2-9,11-12,18H,10H2,1H3. The minimum atomic E-state index is -0.204. The van der Waals surface area contributed by atoms with Crippen molar-refractivity contribution >= 4 is 21.5 Å². The molecule has 1 N–H and O–H groups in total. The Kier molecular flexibility index (Phi) is 3.20. The lowest BCUT2D eigenvalue weighted by atomic mass is 9.95. The van der Waals surface area contributed by atoms with Gasteiger partial charge in [0, 0.05) is 6.42 Å². The molecule has 0 bridgehead atoms. The van der Waals surface area contributed by atoms with Crippen molar-refractivity contribution in [2.24, 2.45) is 0 Å².